The summed E-state index contributed by atoms with van der Waals surface area (Å²) in [6, 6.07) is 5.48. The van der Waals surface area contributed by atoms with Crippen LogP contribution in [0.25, 0.3) is 0 Å². The summed E-state index contributed by atoms with van der Waals surface area (Å²) >= 11 is 1.13. The molecule has 1 aromatic heterocycles. The highest BCUT2D eigenvalue weighted by Crippen LogP contribution is 2.32. The maximum absolute atomic E-state index is 12.7. The van der Waals surface area contributed by atoms with Gasteiger partial charge in [-0.3, -0.25) is 0 Å². The van der Waals surface area contributed by atoms with E-state index in [0.29, 0.717) is 11.0 Å². The van der Waals surface area contributed by atoms with Crippen molar-refractivity contribution in [3.05, 3.63) is 41.2 Å². The molecular weight excluding hydrogens is 263 g/mol. The van der Waals surface area contributed by atoms with Crippen LogP contribution in [0.4, 0.5) is 18.3 Å². The highest BCUT2D eigenvalue weighted by Gasteiger charge is 2.32. The number of nitrogens with one attached hydrogen (secondary N) is 1. The fourth-order valence-corrected chi connectivity index (χ4v) is 2.06. The molecule has 7 heteroatoms. The summed E-state index contributed by atoms with van der Waals surface area (Å²) in [5, 5.41) is 3.36. The van der Waals surface area contributed by atoms with Gasteiger partial charge in [-0.15, -0.1) is 0 Å². The van der Waals surface area contributed by atoms with Gasteiger partial charge < -0.3 is 5.32 Å². The number of nitrogens with zero attached hydrogens (tertiary/aromatic N) is 2. The fourth-order valence-electron chi connectivity index (χ4n) is 1.49. The first-order chi connectivity index (χ1) is 8.47. The van der Waals surface area contributed by atoms with Crippen molar-refractivity contribution < 1.29 is 13.2 Å². The zero-order valence-electron chi connectivity index (χ0n) is 9.45. The van der Waals surface area contributed by atoms with Crippen molar-refractivity contribution in [1.82, 2.24) is 9.36 Å². The van der Waals surface area contributed by atoms with E-state index in [4.69, 9.17) is 0 Å². The van der Waals surface area contributed by atoms with Crippen LogP contribution in [0.15, 0.2) is 24.3 Å². The van der Waals surface area contributed by atoms with Crippen molar-refractivity contribution in [2.24, 2.45) is 0 Å². The van der Waals surface area contributed by atoms with Crippen LogP contribution in [-0.2, 0) is 12.7 Å². The molecule has 1 N–H and O–H groups in total. The Morgan fingerprint density at radius 3 is 2.61 bits per heavy atom. The Bertz CT molecular complexity index is 536. The Hall–Kier alpha value is -1.63. The fraction of sp³-hybridized carbons (Fsp3) is 0.273. The molecule has 0 aliphatic heterocycles. The molecule has 0 spiro atoms. The van der Waals surface area contributed by atoms with Crippen LogP contribution in [-0.4, -0.2) is 9.36 Å². The van der Waals surface area contributed by atoms with Crippen LogP contribution in [0, 0.1) is 6.92 Å². The lowest BCUT2D eigenvalue weighted by Gasteiger charge is -2.12. The average Bonchev–Trinajstić information content (AvgIpc) is 2.72. The second-order valence-electron chi connectivity index (χ2n) is 3.66. The molecule has 0 saturated carbocycles. The van der Waals surface area contributed by atoms with E-state index in [-0.39, 0.29) is 12.1 Å². The largest absolute Gasteiger partial charge is 0.416 e. The lowest BCUT2D eigenvalue weighted by atomic mass is 10.1. The van der Waals surface area contributed by atoms with Gasteiger partial charge in [-0.1, -0.05) is 18.2 Å². The lowest BCUT2D eigenvalue weighted by molar-refractivity contribution is -0.138. The molecule has 0 amide bonds. The Kier molecular flexibility index (Phi) is 3.51. The number of rotatable bonds is 3. The maximum atomic E-state index is 12.7. The summed E-state index contributed by atoms with van der Waals surface area (Å²) in [5.41, 5.74) is -0.434. The molecule has 0 fully saturated rings. The first kappa shape index (κ1) is 12.8. The monoisotopic (exact) mass is 273 g/mol. The predicted molar refractivity (Wildman–Crippen MR) is 63.4 cm³/mol. The highest BCUT2D eigenvalue weighted by molar-refractivity contribution is 7.09. The van der Waals surface area contributed by atoms with Gasteiger partial charge in [0.15, 0.2) is 0 Å². The van der Waals surface area contributed by atoms with Gasteiger partial charge in [-0.25, -0.2) is 4.98 Å². The Morgan fingerprint density at radius 1 is 1.28 bits per heavy atom. The Balaban J connectivity index is 2.14. The van der Waals surface area contributed by atoms with Crippen LogP contribution >= 0.6 is 11.5 Å². The smallest absolute Gasteiger partial charge is 0.356 e. The summed E-state index contributed by atoms with van der Waals surface area (Å²) in [4.78, 5) is 4.03. The van der Waals surface area contributed by atoms with Crippen molar-refractivity contribution in [3.8, 4) is 0 Å². The summed E-state index contributed by atoms with van der Waals surface area (Å²) < 4.78 is 42.1. The summed E-state index contributed by atoms with van der Waals surface area (Å²) in [5.74, 6) is 0.603. The quantitative estimate of drug-likeness (QED) is 0.930. The van der Waals surface area contributed by atoms with Crippen molar-refractivity contribution in [1.29, 1.82) is 0 Å². The minimum absolute atomic E-state index is 0.0737. The molecule has 1 aromatic carbocycles. The van der Waals surface area contributed by atoms with E-state index in [0.717, 1.165) is 17.6 Å². The lowest BCUT2D eigenvalue weighted by Crippen LogP contribution is -2.11. The molecule has 0 unspecified atom stereocenters. The average molecular weight is 273 g/mol. The molecule has 1 heterocycles. The van der Waals surface area contributed by atoms with E-state index in [1.807, 2.05) is 0 Å². The minimum atomic E-state index is -4.34. The van der Waals surface area contributed by atoms with Crippen LogP contribution in [0.1, 0.15) is 17.0 Å². The van der Waals surface area contributed by atoms with Crippen LogP contribution < -0.4 is 5.32 Å². The van der Waals surface area contributed by atoms with Crippen molar-refractivity contribution >= 4 is 16.7 Å². The van der Waals surface area contributed by atoms with Crippen LogP contribution in [0.2, 0.25) is 0 Å². The van der Waals surface area contributed by atoms with Crippen molar-refractivity contribution in [3.63, 3.8) is 0 Å². The number of hydrogen-bond acceptors (Lipinski definition) is 4. The molecule has 3 nitrogen and oxygen atoms in total. The standard InChI is InChI=1S/C11H10F3N3S/c1-7-16-10(18-17-7)15-6-8-4-2-3-5-9(8)11(12,13)14/h2-5H,6H2,1H3,(H,15,16,17). The molecule has 0 radical (unpaired) electrons. The van der Waals surface area contributed by atoms with Gasteiger partial charge in [0.25, 0.3) is 0 Å². The van der Waals surface area contributed by atoms with Gasteiger partial charge in [0.1, 0.15) is 5.82 Å². The van der Waals surface area contributed by atoms with Crippen LogP contribution in [0.5, 0.6) is 0 Å². The number of anilines is 1. The van der Waals surface area contributed by atoms with E-state index in [1.54, 1.807) is 13.0 Å². The van der Waals surface area contributed by atoms with E-state index in [2.05, 4.69) is 14.7 Å². The van der Waals surface area contributed by atoms with E-state index < -0.39 is 11.7 Å². The van der Waals surface area contributed by atoms with Gasteiger partial charge in [0.2, 0.25) is 5.13 Å². The molecule has 0 aliphatic rings. The highest BCUT2D eigenvalue weighted by atomic mass is 32.1. The third-order valence-corrected chi connectivity index (χ3v) is 3.04. The molecule has 0 atom stereocenters. The van der Waals surface area contributed by atoms with Gasteiger partial charge >= 0.3 is 6.18 Å². The van der Waals surface area contributed by atoms with Crippen molar-refractivity contribution in [2.75, 3.05) is 5.32 Å². The second-order valence-corrected chi connectivity index (χ2v) is 4.41. The number of aryl methyl sites for hydroxylation is 1. The zero-order chi connectivity index (χ0) is 13.2. The van der Waals surface area contributed by atoms with E-state index in [9.17, 15) is 13.2 Å². The molecule has 0 bridgehead atoms. The third-order valence-electron chi connectivity index (χ3n) is 2.28. The van der Waals surface area contributed by atoms with Crippen LogP contribution in [0.3, 0.4) is 0 Å². The van der Waals surface area contributed by atoms with Gasteiger partial charge in [-0.2, -0.15) is 17.5 Å². The number of halogens is 3. The van der Waals surface area contributed by atoms with Gasteiger partial charge in [0.05, 0.1) is 5.56 Å². The number of aromatic nitrogens is 2. The summed E-state index contributed by atoms with van der Waals surface area (Å²) in [6.45, 7) is 1.80. The number of benzene rings is 1. The van der Waals surface area contributed by atoms with Gasteiger partial charge in [0, 0.05) is 18.1 Å². The van der Waals surface area contributed by atoms with E-state index >= 15 is 0 Å². The minimum Gasteiger partial charge on any atom is -0.356 e. The maximum Gasteiger partial charge on any atom is 0.416 e. The van der Waals surface area contributed by atoms with Gasteiger partial charge in [-0.05, 0) is 18.6 Å². The topological polar surface area (TPSA) is 37.8 Å². The normalized spacial score (nSPS) is 11.6. The SMILES string of the molecule is Cc1nsc(NCc2ccccc2C(F)(F)F)n1. The summed E-state index contributed by atoms with van der Waals surface area (Å²) in [6.07, 6.45) is -4.34. The van der Waals surface area contributed by atoms with Crippen molar-refractivity contribution in [2.45, 2.75) is 19.6 Å². The number of alkyl halides is 3. The molecule has 0 saturated heterocycles. The Morgan fingerprint density at radius 2 is 2.00 bits per heavy atom. The molecule has 96 valence electrons. The number of hydrogen-bond donors (Lipinski definition) is 1. The third kappa shape index (κ3) is 2.98. The predicted octanol–water partition coefficient (Wildman–Crippen LogP) is 3.48. The second kappa shape index (κ2) is 4.93. The zero-order valence-corrected chi connectivity index (χ0v) is 10.3. The Labute approximate surface area is 106 Å². The van der Waals surface area contributed by atoms with E-state index in [1.165, 1.54) is 12.1 Å². The molecule has 18 heavy (non-hydrogen) atoms. The first-order valence-corrected chi connectivity index (χ1v) is 5.93. The molecular formula is C11H10F3N3S. The summed E-state index contributed by atoms with van der Waals surface area (Å²) in [7, 11) is 0. The molecule has 2 rings (SSSR count). The molecule has 2 aromatic rings. The molecule has 0 aliphatic carbocycles. The first-order valence-electron chi connectivity index (χ1n) is 5.16.